The van der Waals surface area contributed by atoms with Crippen molar-refractivity contribution in [2.45, 2.75) is 26.7 Å². The fourth-order valence-electron chi connectivity index (χ4n) is 0.877. The van der Waals surface area contributed by atoms with Gasteiger partial charge in [-0.1, -0.05) is 19.8 Å². The molecule has 0 nitrogen and oxygen atoms in total. The van der Waals surface area contributed by atoms with E-state index in [0.717, 1.165) is 0 Å². The molecule has 0 fully saturated rings. The quantitative estimate of drug-likeness (QED) is 0.475. The Morgan fingerprint density at radius 1 is 1.25 bits per heavy atom. The van der Waals surface area contributed by atoms with E-state index in [2.05, 4.69) is 32.0 Å². The predicted molar refractivity (Wildman–Crippen MR) is 56.1 cm³/mol. The summed E-state index contributed by atoms with van der Waals surface area (Å²) in [5.41, 5.74) is 1.41. The SMILES string of the molecule is CCCc1cc[c-]cc1.[CH2-]C.[Mg+2]. The Morgan fingerprint density at radius 3 is 2.17 bits per heavy atom. The van der Waals surface area contributed by atoms with Gasteiger partial charge in [0.25, 0.3) is 0 Å². The molecule has 0 heterocycles. The molecular weight excluding hydrogens is 156 g/mol. The van der Waals surface area contributed by atoms with Gasteiger partial charge in [0, 0.05) is 0 Å². The minimum Gasteiger partial charge on any atom is -0.346 e. The molecule has 1 aromatic rings. The van der Waals surface area contributed by atoms with E-state index in [1.165, 1.54) is 18.4 Å². The standard InChI is InChI=1S/C9H11.C2H5.Mg/c1-2-6-9-7-4-3-5-8-9;1-2;/h4-5,7-8H,2,6H2,1H3;1H2,2H3;/q2*-1;+2. The zero-order chi connectivity index (χ0) is 8.53. The summed E-state index contributed by atoms with van der Waals surface area (Å²) in [6, 6.07) is 11.1. The molecule has 0 aliphatic rings. The number of hydrogen-bond acceptors (Lipinski definition) is 0. The van der Waals surface area contributed by atoms with Crippen molar-refractivity contribution < 1.29 is 0 Å². The molecule has 0 saturated carbocycles. The van der Waals surface area contributed by atoms with Gasteiger partial charge in [0.2, 0.25) is 0 Å². The molecule has 0 aliphatic heterocycles. The first-order valence-electron chi connectivity index (χ1n) is 4.09. The van der Waals surface area contributed by atoms with Crippen LogP contribution in [0.25, 0.3) is 0 Å². The van der Waals surface area contributed by atoms with E-state index >= 15 is 0 Å². The van der Waals surface area contributed by atoms with E-state index in [-0.39, 0.29) is 23.1 Å². The zero-order valence-corrected chi connectivity index (χ0v) is 9.55. The monoisotopic (exact) mass is 172 g/mol. The average Bonchev–Trinajstić information content (AvgIpc) is 2.11. The van der Waals surface area contributed by atoms with Crippen molar-refractivity contribution >= 4 is 23.1 Å². The third kappa shape index (κ3) is 6.68. The third-order valence-electron chi connectivity index (χ3n) is 1.33. The number of benzene rings is 1. The number of hydrogen-bond donors (Lipinski definition) is 0. The molecular formula is C11H16Mg. The second kappa shape index (κ2) is 11.0. The van der Waals surface area contributed by atoms with Crippen LogP contribution in [0, 0.1) is 13.0 Å². The summed E-state index contributed by atoms with van der Waals surface area (Å²) in [5.74, 6) is 0. The Hall–Kier alpha value is -0.0138. The second-order valence-electron chi connectivity index (χ2n) is 2.16. The van der Waals surface area contributed by atoms with Gasteiger partial charge in [-0.15, -0.1) is 0 Å². The van der Waals surface area contributed by atoms with Gasteiger partial charge in [-0.3, -0.25) is 0 Å². The van der Waals surface area contributed by atoms with Crippen LogP contribution in [0.15, 0.2) is 24.3 Å². The van der Waals surface area contributed by atoms with E-state index < -0.39 is 0 Å². The first-order valence-corrected chi connectivity index (χ1v) is 4.09. The summed E-state index contributed by atoms with van der Waals surface area (Å²) in [4.78, 5) is 0. The van der Waals surface area contributed by atoms with E-state index in [0.29, 0.717) is 0 Å². The molecule has 0 saturated heterocycles. The molecule has 62 valence electrons. The Bertz CT molecular complexity index is 158. The Morgan fingerprint density at radius 2 is 1.75 bits per heavy atom. The maximum atomic E-state index is 3.25. The first-order chi connectivity index (χ1) is 5.43. The van der Waals surface area contributed by atoms with Crippen LogP contribution in [0.5, 0.6) is 0 Å². The molecule has 0 N–H and O–H groups in total. The average molecular weight is 173 g/mol. The van der Waals surface area contributed by atoms with Crippen molar-refractivity contribution in [3.63, 3.8) is 0 Å². The summed E-state index contributed by atoms with van der Waals surface area (Å²) in [5, 5.41) is 0. The molecule has 0 atom stereocenters. The summed E-state index contributed by atoms with van der Waals surface area (Å²) >= 11 is 0. The van der Waals surface area contributed by atoms with Crippen LogP contribution < -0.4 is 0 Å². The minimum atomic E-state index is 0. The van der Waals surface area contributed by atoms with Crippen LogP contribution in [0.2, 0.25) is 0 Å². The van der Waals surface area contributed by atoms with Crippen molar-refractivity contribution in [2.75, 3.05) is 0 Å². The van der Waals surface area contributed by atoms with Crippen molar-refractivity contribution in [1.82, 2.24) is 0 Å². The second-order valence-corrected chi connectivity index (χ2v) is 2.16. The van der Waals surface area contributed by atoms with Crippen LogP contribution >= 0.6 is 0 Å². The van der Waals surface area contributed by atoms with Crippen molar-refractivity contribution in [2.24, 2.45) is 0 Å². The molecule has 0 unspecified atom stereocenters. The summed E-state index contributed by atoms with van der Waals surface area (Å²) < 4.78 is 0. The fourth-order valence-corrected chi connectivity index (χ4v) is 0.877. The summed E-state index contributed by atoms with van der Waals surface area (Å²) in [6.45, 7) is 7.19. The molecule has 0 amide bonds. The first kappa shape index (κ1) is 14.5. The molecule has 0 aromatic heterocycles. The van der Waals surface area contributed by atoms with Gasteiger partial charge in [0.15, 0.2) is 0 Å². The molecule has 0 bridgehead atoms. The Balaban J connectivity index is 0. The van der Waals surface area contributed by atoms with Crippen LogP contribution in [0.1, 0.15) is 25.8 Å². The van der Waals surface area contributed by atoms with Crippen molar-refractivity contribution in [1.29, 1.82) is 0 Å². The Labute approximate surface area is 92.5 Å². The summed E-state index contributed by atoms with van der Waals surface area (Å²) in [7, 11) is 0. The van der Waals surface area contributed by atoms with Crippen molar-refractivity contribution in [3.8, 4) is 0 Å². The number of aryl methyl sites for hydroxylation is 1. The van der Waals surface area contributed by atoms with Gasteiger partial charge >= 0.3 is 23.1 Å². The van der Waals surface area contributed by atoms with Gasteiger partial charge < -0.3 is 6.92 Å². The predicted octanol–water partition coefficient (Wildman–Crippen LogP) is 2.90. The number of rotatable bonds is 2. The van der Waals surface area contributed by atoms with E-state index in [9.17, 15) is 0 Å². The van der Waals surface area contributed by atoms with Gasteiger partial charge in [-0.05, 0) is 0 Å². The van der Waals surface area contributed by atoms with E-state index in [1.54, 1.807) is 6.92 Å². The normalized spacial score (nSPS) is 7.58. The molecule has 1 aromatic carbocycles. The fraction of sp³-hybridized carbons (Fsp3) is 0.364. The third-order valence-corrected chi connectivity index (χ3v) is 1.33. The van der Waals surface area contributed by atoms with E-state index in [4.69, 9.17) is 0 Å². The topological polar surface area (TPSA) is 0 Å². The molecule has 0 spiro atoms. The maximum absolute atomic E-state index is 3.25. The van der Waals surface area contributed by atoms with Gasteiger partial charge in [-0.25, -0.2) is 0 Å². The molecule has 12 heavy (non-hydrogen) atoms. The minimum absolute atomic E-state index is 0. The molecule has 1 rings (SSSR count). The maximum Gasteiger partial charge on any atom is 2.00 e. The van der Waals surface area contributed by atoms with Gasteiger partial charge in [-0.2, -0.15) is 42.8 Å². The largest absolute Gasteiger partial charge is 2.00 e. The van der Waals surface area contributed by atoms with Crippen LogP contribution in [-0.2, 0) is 6.42 Å². The van der Waals surface area contributed by atoms with Crippen molar-refractivity contribution in [3.05, 3.63) is 42.8 Å². The molecule has 1 heteroatoms. The summed E-state index contributed by atoms with van der Waals surface area (Å²) in [6.07, 6.45) is 2.42. The van der Waals surface area contributed by atoms with Crippen LogP contribution in [-0.4, -0.2) is 23.1 Å². The Kier molecular flexibility index (Phi) is 13.3. The zero-order valence-electron chi connectivity index (χ0n) is 8.14. The molecule has 0 aliphatic carbocycles. The van der Waals surface area contributed by atoms with Gasteiger partial charge in [0.1, 0.15) is 0 Å². The van der Waals surface area contributed by atoms with Gasteiger partial charge in [0.05, 0.1) is 0 Å². The van der Waals surface area contributed by atoms with Crippen LogP contribution in [0.4, 0.5) is 0 Å². The van der Waals surface area contributed by atoms with E-state index in [1.807, 2.05) is 12.1 Å². The smallest absolute Gasteiger partial charge is 0.346 e. The molecule has 0 radical (unpaired) electrons. The van der Waals surface area contributed by atoms with Crippen LogP contribution in [0.3, 0.4) is 0 Å².